The van der Waals surface area contributed by atoms with Gasteiger partial charge in [0.05, 0.1) is 6.61 Å². The maximum atomic E-state index is 10.1. The molecule has 0 radical (unpaired) electrons. The second kappa shape index (κ2) is 13.6. The van der Waals surface area contributed by atoms with Crippen molar-refractivity contribution in [1.29, 1.82) is 0 Å². The van der Waals surface area contributed by atoms with E-state index in [0.29, 0.717) is 13.2 Å². The molecule has 1 aromatic carbocycles. The number of rotatable bonds is 8. The quantitative estimate of drug-likeness (QED) is 0.581. The van der Waals surface area contributed by atoms with Gasteiger partial charge >= 0.3 is 5.97 Å². The molecule has 0 amide bonds. The minimum absolute atomic E-state index is 0.182. The summed E-state index contributed by atoms with van der Waals surface area (Å²) in [5, 5.41) is 8.60. The first-order valence-corrected chi connectivity index (χ1v) is 7.90. The van der Waals surface area contributed by atoms with Crippen LogP contribution in [0.2, 0.25) is 0 Å². The highest BCUT2D eigenvalue weighted by Crippen LogP contribution is 2.07. The molecule has 0 aliphatic rings. The highest BCUT2D eigenvalue weighted by atomic mass is 16.5. The minimum atomic E-state index is -0.182. The van der Waals surface area contributed by atoms with Crippen molar-refractivity contribution < 1.29 is 14.6 Å². The van der Waals surface area contributed by atoms with E-state index in [1.807, 2.05) is 0 Å². The molecular weight excluding hydrogens is 264 g/mol. The zero-order valence-corrected chi connectivity index (χ0v) is 13.7. The molecule has 3 heteroatoms. The fourth-order valence-corrected chi connectivity index (χ4v) is 1.73. The summed E-state index contributed by atoms with van der Waals surface area (Å²) in [5.41, 5.74) is 2.72. The lowest BCUT2D eigenvalue weighted by molar-refractivity contribution is -0.141. The predicted octanol–water partition coefficient (Wildman–Crippen LogP) is 4.05. The van der Waals surface area contributed by atoms with Gasteiger partial charge in [-0.05, 0) is 38.2 Å². The molecular formula is C18H30O3. The maximum absolute atomic E-state index is 10.1. The molecule has 1 rings (SSSR count). The Morgan fingerprint density at radius 1 is 1.10 bits per heavy atom. The average Bonchev–Trinajstić information content (AvgIpc) is 2.46. The predicted molar refractivity (Wildman–Crippen MR) is 87.4 cm³/mol. The van der Waals surface area contributed by atoms with Crippen LogP contribution in [0.25, 0.3) is 0 Å². The van der Waals surface area contributed by atoms with Gasteiger partial charge in [0.25, 0.3) is 0 Å². The number of unbranched alkanes of at least 4 members (excludes halogenated alkanes) is 3. The van der Waals surface area contributed by atoms with Crippen molar-refractivity contribution in [3.8, 4) is 0 Å². The first kappa shape index (κ1) is 19.7. The van der Waals surface area contributed by atoms with Crippen molar-refractivity contribution in [1.82, 2.24) is 0 Å². The van der Waals surface area contributed by atoms with Crippen LogP contribution in [0.15, 0.2) is 24.3 Å². The van der Waals surface area contributed by atoms with Gasteiger partial charge in [0.2, 0.25) is 0 Å². The van der Waals surface area contributed by atoms with E-state index in [2.05, 4.69) is 42.8 Å². The van der Waals surface area contributed by atoms with Crippen LogP contribution >= 0.6 is 0 Å². The Bertz CT molecular complexity index is 357. The van der Waals surface area contributed by atoms with Crippen molar-refractivity contribution in [2.24, 2.45) is 0 Å². The zero-order valence-electron chi connectivity index (χ0n) is 13.7. The summed E-state index contributed by atoms with van der Waals surface area (Å²) >= 11 is 0. The van der Waals surface area contributed by atoms with E-state index < -0.39 is 0 Å². The highest BCUT2D eigenvalue weighted by molar-refractivity contribution is 5.65. The van der Waals surface area contributed by atoms with Crippen LogP contribution in [0.3, 0.4) is 0 Å². The standard InChI is InChI=1S/C12H18O.C6H12O2/c1-11-6-8-12(9-7-11)5-3-2-4-10-13;1-3-4-5-8-6(2)7/h6-9,13H,2-5,10H2,1H3;3-5H2,1-2H3. The van der Waals surface area contributed by atoms with E-state index in [-0.39, 0.29) is 5.97 Å². The second-order valence-electron chi connectivity index (χ2n) is 5.21. The monoisotopic (exact) mass is 294 g/mol. The van der Waals surface area contributed by atoms with Gasteiger partial charge in [0.15, 0.2) is 0 Å². The molecule has 1 N–H and O–H groups in total. The summed E-state index contributed by atoms with van der Waals surface area (Å²) in [4.78, 5) is 10.1. The topological polar surface area (TPSA) is 46.5 Å². The van der Waals surface area contributed by atoms with Gasteiger partial charge in [-0.3, -0.25) is 4.79 Å². The molecule has 21 heavy (non-hydrogen) atoms. The molecule has 0 bridgehead atoms. The number of aliphatic hydroxyl groups excluding tert-OH is 1. The smallest absolute Gasteiger partial charge is 0.302 e. The van der Waals surface area contributed by atoms with E-state index in [9.17, 15) is 4.79 Å². The Kier molecular flexibility index (Phi) is 12.7. The number of aryl methyl sites for hydroxylation is 2. The number of esters is 1. The number of hydrogen-bond acceptors (Lipinski definition) is 3. The fraction of sp³-hybridized carbons (Fsp3) is 0.611. The molecule has 0 fully saturated rings. The van der Waals surface area contributed by atoms with Gasteiger partial charge in [-0.1, -0.05) is 49.6 Å². The number of carbonyl (C=O) groups is 1. The summed E-state index contributed by atoms with van der Waals surface area (Å²) in [6, 6.07) is 8.69. The summed E-state index contributed by atoms with van der Waals surface area (Å²) in [7, 11) is 0. The largest absolute Gasteiger partial charge is 0.466 e. The van der Waals surface area contributed by atoms with Crippen LogP contribution in [0.1, 0.15) is 57.1 Å². The van der Waals surface area contributed by atoms with E-state index in [4.69, 9.17) is 5.11 Å². The lowest BCUT2D eigenvalue weighted by Gasteiger charge is -2.01. The van der Waals surface area contributed by atoms with Crippen molar-refractivity contribution >= 4 is 5.97 Å². The molecule has 0 heterocycles. The van der Waals surface area contributed by atoms with Gasteiger partial charge < -0.3 is 9.84 Å². The normalized spacial score (nSPS) is 9.71. The van der Waals surface area contributed by atoms with Crippen molar-refractivity contribution in [2.45, 2.75) is 59.3 Å². The summed E-state index contributed by atoms with van der Waals surface area (Å²) in [5.74, 6) is -0.182. The first-order valence-electron chi connectivity index (χ1n) is 7.90. The lowest BCUT2D eigenvalue weighted by atomic mass is 10.1. The van der Waals surface area contributed by atoms with Gasteiger partial charge in [-0.2, -0.15) is 0 Å². The van der Waals surface area contributed by atoms with Crippen LogP contribution in [0.4, 0.5) is 0 Å². The Morgan fingerprint density at radius 3 is 2.29 bits per heavy atom. The van der Waals surface area contributed by atoms with Gasteiger partial charge in [0.1, 0.15) is 0 Å². The summed E-state index contributed by atoms with van der Waals surface area (Å²) in [6.45, 7) is 6.49. The third-order valence-electron chi connectivity index (χ3n) is 3.05. The van der Waals surface area contributed by atoms with Gasteiger partial charge in [-0.25, -0.2) is 0 Å². The van der Waals surface area contributed by atoms with Crippen LogP contribution in [-0.4, -0.2) is 24.3 Å². The number of aliphatic hydroxyl groups is 1. The van der Waals surface area contributed by atoms with Crippen LogP contribution in [0, 0.1) is 6.92 Å². The van der Waals surface area contributed by atoms with Crippen LogP contribution in [0.5, 0.6) is 0 Å². The van der Waals surface area contributed by atoms with Gasteiger partial charge in [-0.15, -0.1) is 0 Å². The zero-order chi connectivity index (χ0) is 15.9. The third-order valence-corrected chi connectivity index (χ3v) is 3.05. The molecule has 0 aliphatic heterocycles. The van der Waals surface area contributed by atoms with E-state index >= 15 is 0 Å². The van der Waals surface area contributed by atoms with E-state index in [1.165, 1.54) is 24.5 Å². The molecule has 0 aliphatic carbocycles. The van der Waals surface area contributed by atoms with Crippen LogP contribution in [-0.2, 0) is 16.0 Å². The molecule has 0 atom stereocenters. The minimum Gasteiger partial charge on any atom is -0.466 e. The number of benzene rings is 1. The Hall–Kier alpha value is -1.35. The molecule has 0 aromatic heterocycles. The summed E-state index contributed by atoms with van der Waals surface area (Å²) in [6.07, 6.45) is 6.44. The Morgan fingerprint density at radius 2 is 1.76 bits per heavy atom. The number of carbonyl (C=O) groups excluding carboxylic acids is 1. The fourth-order valence-electron chi connectivity index (χ4n) is 1.73. The molecule has 3 nitrogen and oxygen atoms in total. The molecule has 1 aromatic rings. The van der Waals surface area contributed by atoms with E-state index in [0.717, 1.165) is 32.1 Å². The maximum Gasteiger partial charge on any atom is 0.302 e. The molecule has 0 unspecified atom stereocenters. The Labute approximate surface area is 129 Å². The summed E-state index contributed by atoms with van der Waals surface area (Å²) < 4.78 is 4.64. The Balaban J connectivity index is 0.000000433. The lowest BCUT2D eigenvalue weighted by Crippen LogP contribution is -1.99. The van der Waals surface area contributed by atoms with Crippen LogP contribution < -0.4 is 0 Å². The second-order valence-corrected chi connectivity index (χ2v) is 5.21. The first-order chi connectivity index (χ1) is 10.1. The number of hydrogen-bond donors (Lipinski definition) is 1. The SMILES string of the molecule is CCCCOC(C)=O.Cc1ccc(CCCCCO)cc1. The van der Waals surface area contributed by atoms with Crippen molar-refractivity contribution in [3.05, 3.63) is 35.4 Å². The van der Waals surface area contributed by atoms with Crippen molar-refractivity contribution in [2.75, 3.05) is 13.2 Å². The van der Waals surface area contributed by atoms with Gasteiger partial charge in [0, 0.05) is 13.5 Å². The third kappa shape index (κ3) is 13.4. The highest BCUT2D eigenvalue weighted by Gasteiger charge is 1.92. The average molecular weight is 294 g/mol. The van der Waals surface area contributed by atoms with Crippen molar-refractivity contribution in [3.63, 3.8) is 0 Å². The number of ether oxygens (including phenoxy) is 1. The molecule has 120 valence electrons. The molecule has 0 saturated heterocycles. The molecule has 0 spiro atoms. The van der Waals surface area contributed by atoms with E-state index in [1.54, 1.807) is 0 Å². The molecule has 0 saturated carbocycles.